The zero-order chi connectivity index (χ0) is 23.4. The first-order valence-electron chi connectivity index (χ1n) is 11.8. The van der Waals surface area contributed by atoms with Gasteiger partial charge in [0.15, 0.2) is 11.5 Å². The van der Waals surface area contributed by atoms with Crippen molar-refractivity contribution in [2.75, 3.05) is 20.8 Å². The van der Waals surface area contributed by atoms with E-state index in [1.165, 1.54) is 16.7 Å². The summed E-state index contributed by atoms with van der Waals surface area (Å²) in [7, 11) is 3.45. The van der Waals surface area contributed by atoms with Crippen LogP contribution in [0.1, 0.15) is 61.1 Å². The summed E-state index contributed by atoms with van der Waals surface area (Å²) in [6.07, 6.45) is 2.02. The Morgan fingerprint density at radius 2 is 1.64 bits per heavy atom. The predicted octanol–water partition coefficient (Wildman–Crippen LogP) is 6.21. The molecule has 0 amide bonds. The van der Waals surface area contributed by atoms with Crippen molar-refractivity contribution in [3.8, 4) is 17.2 Å². The molecule has 4 nitrogen and oxygen atoms in total. The van der Waals surface area contributed by atoms with Gasteiger partial charge >= 0.3 is 0 Å². The number of rotatable bonds is 8. The van der Waals surface area contributed by atoms with Crippen molar-refractivity contribution in [2.45, 2.75) is 51.7 Å². The topological polar surface area (TPSA) is 39.7 Å². The van der Waals surface area contributed by atoms with Crippen LogP contribution in [0.25, 0.3) is 0 Å². The third kappa shape index (κ3) is 4.86. The van der Waals surface area contributed by atoms with Crippen LogP contribution < -0.4 is 19.5 Å². The van der Waals surface area contributed by atoms with Crippen molar-refractivity contribution in [1.82, 2.24) is 5.32 Å². The van der Waals surface area contributed by atoms with E-state index in [1.807, 2.05) is 18.2 Å². The summed E-state index contributed by atoms with van der Waals surface area (Å²) in [5.74, 6) is 2.44. The van der Waals surface area contributed by atoms with Crippen molar-refractivity contribution in [3.05, 3.63) is 88.5 Å². The van der Waals surface area contributed by atoms with Gasteiger partial charge in [0, 0.05) is 12.1 Å². The van der Waals surface area contributed by atoms with Gasteiger partial charge in [-0.25, -0.2) is 0 Å². The summed E-state index contributed by atoms with van der Waals surface area (Å²) in [6.45, 7) is 8.22. The van der Waals surface area contributed by atoms with Crippen LogP contribution in [0, 0.1) is 0 Å². The zero-order valence-corrected chi connectivity index (χ0v) is 20.4. The van der Waals surface area contributed by atoms with Gasteiger partial charge in [0.05, 0.1) is 20.3 Å². The Morgan fingerprint density at radius 1 is 0.879 bits per heavy atom. The maximum absolute atomic E-state index is 6.23. The minimum absolute atomic E-state index is 0.0290. The van der Waals surface area contributed by atoms with Gasteiger partial charge in [0.1, 0.15) is 12.4 Å². The van der Waals surface area contributed by atoms with Gasteiger partial charge in [0.2, 0.25) is 0 Å². The van der Waals surface area contributed by atoms with E-state index >= 15 is 0 Å². The van der Waals surface area contributed by atoms with Gasteiger partial charge in [-0.05, 0) is 64.8 Å². The molecule has 1 unspecified atom stereocenters. The minimum Gasteiger partial charge on any atom is -0.496 e. The molecule has 1 N–H and O–H groups in total. The van der Waals surface area contributed by atoms with E-state index in [0.29, 0.717) is 6.61 Å². The maximum Gasteiger partial charge on any atom is 0.162 e. The van der Waals surface area contributed by atoms with Crippen molar-refractivity contribution in [3.63, 3.8) is 0 Å². The second-order valence-electron chi connectivity index (χ2n) is 9.31. The number of nitrogens with one attached hydrogen (secondary N) is 1. The lowest BCUT2D eigenvalue weighted by Gasteiger charge is -2.31. The number of hydrogen-bond donors (Lipinski definition) is 1. The van der Waals surface area contributed by atoms with Crippen LogP contribution in [0.15, 0.2) is 60.7 Å². The highest BCUT2D eigenvalue weighted by molar-refractivity contribution is 5.54. The van der Waals surface area contributed by atoms with Crippen LogP contribution in [0.4, 0.5) is 0 Å². The van der Waals surface area contributed by atoms with Crippen LogP contribution in [-0.2, 0) is 18.4 Å². The molecule has 1 aliphatic rings. The Labute approximate surface area is 197 Å². The number of fused-ring (bicyclic) bond motifs is 1. The number of ether oxygens (including phenoxy) is 3. The third-order valence-corrected chi connectivity index (χ3v) is 6.92. The second kappa shape index (κ2) is 9.88. The van der Waals surface area contributed by atoms with Crippen LogP contribution in [0.2, 0.25) is 0 Å². The summed E-state index contributed by atoms with van der Waals surface area (Å²) in [6, 6.07) is 21.1. The minimum atomic E-state index is 0.0290. The lowest BCUT2D eigenvalue weighted by Crippen LogP contribution is -2.31. The lowest BCUT2D eigenvalue weighted by atomic mass is 9.80. The highest BCUT2D eigenvalue weighted by Crippen LogP contribution is 2.41. The van der Waals surface area contributed by atoms with Gasteiger partial charge in [-0.2, -0.15) is 0 Å². The molecule has 0 spiro atoms. The van der Waals surface area contributed by atoms with E-state index in [1.54, 1.807) is 14.2 Å². The fraction of sp³-hybridized carbons (Fsp3) is 0.379. The first-order chi connectivity index (χ1) is 16.0. The first kappa shape index (κ1) is 23.2. The Balaban J connectivity index is 1.74. The average Bonchev–Trinajstić information content (AvgIpc) is 2.86. The molecule has 4 rings (SSSR count). The van der Waals surface area contributed by atoms with Crippen molar-refractivity contribution in [1.29, 1.82) is 0 Å². The quantitative estimate of drug-likeness (QED) is 0.448. The standard InChI is InChI=1S/C29H35NO3/c1-6-29(2,3)22-12-13-25(31-4)24(17-22)28-23-18-27(33-19-20-10-8-7-9-11-20)26(32-5)16-21(23)14-15-30-28/h7-13,16-18,28,30H,6,14-15,19H2,1-5H3. The normalized spacial score (nSPS) is 15.6. The Morgan fingerprint density at radius 3 is 2.33 bits per heavy atom. The molecule has 0 aliphatic carbocycles. The van der Waals surface area contributed by atoms with Crippen molar-refractivity contribution >= 4 is 0 Å². The van der Waals surface area contributed by atoms with E-state index in [2.05, 4.69) is 68.6 Å². The summed E-state index contributed by atoms with van der Waals surface area (Å²) in [5, 5.41) is 3.73. The van der Waals surface area contributed by atoms with Crippen LogP contribution in [-0.4, -0.2) is 20.8 Å². The van der Waals surface area contributed by atoms with Crippen LogP contribution >= 0.6 is 0 Å². The summed E-state index contributed by atoms with van der Waals surface area (Å²) in [5.41, 5.74) is 6.21. The SMILES string of the molecule is CCC(C)(C)c1ccc(OC)c(C2NCCc3cc(OC)c(OCc4ccccc4)cc32)c1. The molecule has 0 bridgehead atoms. The highest BCUT2D eigenvalue weighted by Gasteiger charge is 2.28. The van der Waals surface area contributed by atoms with Gasteiger partial charge < -0.3 is 19.5 Å². The van der Waals surface area contributed by atoms with Crippen LogP contribution in [0.5, 0.6) is 17.2 Å². The molecule has 174 valence electrons. The molecular weight excluding hydrogens is 410 g/mol. The number of hydrogen-bond acceptors (Lipinski definition) is 4. The average molecular weight is 446 g/mol. The molecule has 0 radical (unpaired) electrons. The summed E-state index contributed by atoms with van der Waals surface area (Å²) < 4.78 is 17.7. The molecule has 33 heavy (non-hydrogen) atoms. The maximum atomic E-state index is 6.23. The van der Waals surface area contributed by atoms with E-state index in [-0.39, 0.29) is 11.5 Å². The van der Waals surface area contributed by atoms with E-state index < -0.39 is 0 Å². The fourth-order valence-electron chi connectivity index (χ4n) is 4.43. The highest BCUT2D eigenvalue weighted by atomic mass is 16.5. The van der Waals surface area contributed by atoms with Gasteiger partial charge in [0.25, 0.3) is 0 Å². The number of methoxy groups -OCH3 is 2. The molecule has 0 fully saturated rings. The van der Waals surface area contributed by atoms with Crippen molar-refractivity contribution in [2.24, 2.45) is 0 Å². The van der Waals surface area contributed by atoms with E-state index in [9.17, 15) is 0 Å². The van der Waals surface area contributed by atoms with Crippen molar-refractivity contribution < 1.29 is 14.2 Å². The van der Waals surface area contributed by atoms with Gasteiger partial charge in [-0.3, -0.25) is 0 Å². The lowest BCUT2D eigenvalue weighted by molar-refractivity contribution is 0.283. The van der Waals surface area contributed by atoms with Gasteiger partial charge in [-0.15, -0.1) is 0 Å². The summed E-state index contributed by atoms with van der Waals surface area (Å²) in [4.78, 5) is 0. The van der Waals surface area contributed by atoms with E-state index in [0.717, 1.165) is 47.8 Å². The van der Waals surface area contributed by atoms with E-state index in [4.69, 9.17) is 14.2 Å². The molecule has 1 aliphatic heterocycles. The fourth-order valence-corrected chi connectivity index (χ4v) is 4.43. The Kier molecular flexibility index (Phi) is 6.94. The first-order valence-corrected chi connectivity index (χ1v) is 11.8. The molecule has 1 atom stereocenters. The molecule has 0 aromatic heterocycles. The molecule has 3 aromatic rings. The molecule has 1 heterocycles. The van der Waals surface area contributed by atoms with Gasteiger partial charge in [-0.1, -0.05) is 57.2 Å². The Bertz CT molecular complexity index is 1090. The number of benzene rings is 3. The molecular formula is C29H35NO3. The monoisotopic (exact) mass is 445 g/mol. The molecule has 0 saturated heterocycles. The van der Waals surface area contributed by atoms with Crippen LogP contribution in [0.3, 0.4) is 0 Å². The molecule has 4 heteroatoms. The molecule has 3 aromatic carbocycles. The molecule has 0 saturated carbocycles. The second-order valence-corrected chi connectivity index (χ2v) is 9.31. The largest absolute Gasteiger partial charge is 0.496 e. The Hall–Kier alpha value is -2.98. The summed E-state index contributed by atoms with van der Waals surface area (Å²) >= 11 is 0. The third-order valence-electron chi connectivity index (χ3n) is 6.92. The predicted molar refractivity (Wildman–Crippen MR) is 134 cm³/mol. The smallest absolute Gasteiger partial charge is 0.162 e. The zero-order valence-electron chi connectivity index (χ0n) is 20.4.